The van der Waals surface area contributed by atoms with E-state index in [-0.39, 0.29) is 29.4 Å². The summed E-state index contributed by atoms with van der Waals surface area (Å²) in [6.07, 6.45) is 9.64. The van der Waals surface area contributed by atoms with E-state index in [1.54, 1.807) is 0 Å². The van der Waals surface area contributed by atoms with Crippen LogP contribution >= 0.6 is 0 Å². The third-order valence-electron chi connectivity index (χ3n) is 6.90. The Morgan fingerprint density at radius 3 is 2.45 bits per heavy atom. The summed E-state index contributed by atoms with van der Waals surface area (Å²) in [5, 5.41) is 0. The molecule has 2 atom stereocenters. The first-order chi connectivity index (χ1) is 14.4. The summed E-state index contributed by atoms with van der Waals surface area (Å²) in [4.78, 5) is 19.3. The van der Waals surface area contributed by atoms with Gasteiger partial charge in [0, 0.05) is 23.9 Å². The van der Waals surface area contributed by atoms with Crippen LogP contribution in [0.15, 0.2) is 24.5 Å². The van der Waals surface area contributed by atoms with Crippen molar-refractivity contribution in [3.63, 3.8) is 0 Å². The quantitative estimate of drug-likeness (QED) is 0.659. The van der Waals surface area contributed by atoms with E-state index < -0.39 is 12.7 Å². The van der Waals surface area contributed by atoms with Crippen LogP contribution in [-0.4, -0.2) is 52.0 Å². The van der Waals surface area contributed by atoms with E-state index in [4.69, 9.17) is 14.0 Å². The Morgan fingerprint density at radius 1 is 1.16 bits per heavy atom. The molecular formula is C24H35BN2O4. The molecule has 6 nitrogen and oxygen atoms in total. The van der Waals surface area contributed by atoms with Crippen LogP contribution in [-0.2, 0) is 14.0 Å². The molecular weight excluding hydrogens is 391 g/mol. The highest BCUT2D eigenvalue weighted by Crippen LogP contribution is 2.39. The fourth-order valence-corrected chi connectivity index (χ4v) is 4.58. The van der Waals surface area contributed by atoms with Crippen LogP contribution in [0.3, 0.4) is 0 Å². The minimum absolute atomic E-state index is 0.0675. The largest absolute Gasteiger partial charge is 0.496 e. The Morgan fingerprint density at radius 2 is 1.84 bits per heavy atom. The van der Waals surface area contributed by atoms with E-state index in [2.05, 4.69) is 44.8 Å². The molecule has 0 aromatic carbocycles. The number of aromatic nitrogens is 1. The number of pyridine rings is 1. The number of fused-ring (bicyclic) bond motifs is 2. The number of carbonyl (C=O) groups excluding carboxylic acids is 1. The zero-order valence-electron chi connectivity index (χ0n) is 19.9. The maximum atomic E-state index is 12.8. The van der Waals surface area contributed by atoms with Gasteiger partial charge in [0.15, 0.2) is 0 Å². The van der Waals surface area contributed by atoms with E-state index >= 15 is 0 Å². The number of hydrogen-bond acceptors (Lipinski definition) is 5. The van der Waals surface area contributed by atoms with Gasteiger partial charge in [-0.2, -0.15) is 0 Å². The van der Waals surface area contributed by atoms with Gasteiger partial charge in [-0.25, -0.2) is 4.79 Å². The molecule has 4 heterocycles. The lowest BCUT2D eigenvalue weighted by molar-refractivity contribution is 0.0000814. The van der Waals surface area contributed by atoms with Crippen LogP contribution in [0.1, 0.15) is 79.7 Å². The number of ether oxygens (including phenoxy) is 1. The standard InChI is InChI=1S/C24H35BN2O4/c1-22(2,3)29-21(28)27-19-9-8-10-20(27)13-16(12-19)17-11-18(15-26-14-17)25-30-23(4,5)24(6,7)31-25/h11-12,14-15,19-20H,8-10,13H2,1-7H3. The molecule has 2 saturated heterocycles. The predicted molar refractivity (Wildman–Crippen MR) is 122 cm³/mol. The van der Waals surface area contributed by atoms with Crippen molar-refractivity contribution in [1.29, 1.82) is 0 Å². The van der Waals surface area contributed by atoms with Crippen LogP contribution in [0.25, 0.3) is 5.57 Å². The molecule has 3 aliphatic heterocycles. The monoisotopic (exact) mass is 426 g/mol. The molecule has 0 radical (unpaired) electrons. The summed E-state index contributed by atoms with van der Waals surface area (Å²) in [6, 6.07) is 2.35. The average Bonchev–Trinajstić information content (AvgIpc) is 2.87. The number of hydrogen-bond donors (Lipinski definition) is 0. The van der Waals surface area contributed by atoms with Crippen molar-refractivity contribution in [2.75, 3.05) is 0 Å². The van der Waals surface area contributed by atoms with E-state index in [1.165, 1.54) is 5.57 Å². The van der Waals surface area contributed by atoms with Crippen molar-refractivity contribution in [3.8, 4) is 0 Å². The summed E-state index contributed by atoms with van der Waals surface area (Å²) < 4.78 is 18.1. The van der Waals surface area contributed by atoms with E-state index in [9.17, 15) is 4.79 Å². The smallest absolute Gasteiger partial charge is 0.444 e. The molecule has 2 bridgehead atoms. The highest BCUT2D eigenvalue weighted by Gasteiger charge is 2.52. The molecule has 3 aliphatic rings. The molecule has 2 unspecified atom stereocenters. The Kier molecular flexibility index (Phi) is 5.50. The fraction of sp³-hybridized carbons (Fsp3) is 0.667. The lowest BCUT2D eigenvalue weighted by Gasteiger charge is -2.45. The summed E-state index contributed by atoms with van der Waals surface area (Å²) in [6.45, 7) is 14.0. The number of carbonyl (C=O) groups is 1. The zero-order chi connectivity index (χ0) is 22.6. The van der Waals surface area contributed by atoms with Crippen LogP contribution in [0.5, 0.6) is 0 Å². The van der Waals surface area contributed by atoms with E-state index in [1.807, 2.05) is 38.1 Å². The van der Waals surface area contributed by atoms with Gasteiger partial charge in [0.2, 0.25) is 0 Å². The lowest BCUT2D eigenvalue weighted by Crippen LogP contribution is -2.53. The summed E-state index contributed by atoms with van der Waals surface area (Å²) in [5.41, 5.74) is 1.98. The zero-order valence-corrected chi connectivity index (χ0v) is 19.9. The molecule has 31 heavy (non-hydrogen) atoms. The van der Waals surface area contributed by atoms with Gasteiger partial charge in [-0.05, 0) is 85.3 Å². The molecule has 1 amide bonds. The molecule has 0 N–H and O–H groups in total. The maximum Gasteiger partial charge on any atom is 0.496 e. The molecule has 0 aliphatic carbocycles. The van der Waals surface area contributed by atoms with Crippen LogP contribution in [0, 0.1) is 0 Å². The van der Waals surface area contributed by atoms with Gasteiger partial charge in [-0.3, -0.25) is 9.88 Å². The number of rotatable bonds is 2. The normalized spacial score (nSPS) is 27.1. The number of nitrogens with zero attached hydrogens (tertiary/aromatic N) is 2. The second-order valence-corrected chi connectivity index (χ2v) is 11.0. The van der Waals surface area contributed by atoms with E-state index in [0.717, 1.165) is 36.7 Å². The first kappa shape index (κ1) is 22.3. The highest BCUT2D eigenvalue weighted by molar-refractivity contribution is 6.62. The third-order valence-corrected chi connectivity index (χ3v) is 6.90. The lowest BCUT2D eigenvalue weighted by atomic mass is 9.78. The molecule has 0 spiro atoms. The Labute approximate surface area is 186 Å². The Hall–Kier alpha value is -1.86. The van der Waals surface area contributed by atoms with Crippen molar-refractivity contribution in [3.05, 3.63) is 30.1 Å². The van der Waals surface area contributed by atoms with Crippen molar-refractivity contribution in [1.82, 2.24) is 9.88 Å². The third kappa shape index (κ3) is 4.40. The number of amides is 1. The Balaban J connectivity index is 1.57. The fourth-order valence-electron chi connectivity index (χ4n) is 4.58. The molecule has 0 saturated carbocycles. The SMILES string of the molecule is CC(C)(C)OC(=O)N1C2C=C(c3cncc(B4OC(C)(C)C(C)(C)O4)c3)CC1CCC2. The second kappa shape index (κ2) is 7.63. The van der Waals surface area contributed by atoms with Crippen LogP contribution < -0.4 is 5.46 Å². The molecule has 2 fully saturated rings. The molecule has 4 rings (SSSR count). The average molecular weight is 426 g/mol. The van der Waals surface area contributed by atoms with Gasteiger partial charge < -0.3 is 14.0 Å². The van der Waals surface area contributed by atoms with Crippen molar-refractivity contribution in [2.45, 2.75) is 103 Å². The summed E-state index contributed by atoms with van der Waals surface area (Å²) >= 11 is 0. The van der Waals surface area contributed by atoms with Gasteiger partial charge in [0.05, 0.1) is 17.2 Å². The highest BCUT2D eigenvalue weighted by atomic mass is 16.7. The van der Waals surface area contributed by atoms with Crippen molar-refractivity contribution >= 4 is 24.2 Å². The first-order valence-electron chi connectivity index (χ1n) is 11.4. The molecule has 7 heteroatoms. The van der Waals surface area contributed by atoms with Crippen LogP contribution in [0.4, 0.5) is 4.79 Å². The summed E-state index contributed by atoms with van der Waals surface area (Å²) in [5.74, 6) is 0. The second-order valence-electron chi connectivity index (χ2n) is 11.0. The molecule has 168 valence electrons. The summed E-state index contributed by atoms with van der Waals surface area (Å²) in [7, 11) is -0.431. The van der Waals surface area contributed by atoms with Gasteiger partial charge >= 0.3 is 13.2 Å². The number of piperidine rings is 1. The minimum atomic E-state index is -0.490. The van der Waals surface area contributed by atoms with Gasteiger partial charge in [0.1, 0.15) is 5.60 Å². The first-order valence-corrected chi connectivity index (χ1v) is 11.4. The predicted octanol–water partition coefficient (Wildman–Crippen LogP) is 4.33. The van der Waals surface area contributed by atoms with Crippen molar-refractivity contribution < 1.29 is 18.8 Å². The van der Waals surface area contributed by atoms with Gasteiger partial charge in [-0.15, -0.1) is 0 Å². The topological polar surface area (TPSA) is 60.9 Å². The van der Waals surface area contributed by atoms with Crippen LogP contribution in [0.2, 0.25) is 0 Å². The van der Waals surface area contributed by atoms with Crippen molar-refractivity contribution in [2.24, 2.45) is 0 Å². The van der Waals surface area contributed by atoms with Gasteiger partial charge in [0.25, 0.3) is 0 Å². The maximum absolute atomic E-state index is 12.8. The molecule has 1 aromatic rings. The Bertz CT molecular complexity index is 874. The van der Waals surface area contributed by atoms with Gasteiger partial charge in [-0.1, -0.05) is 12.1 Å². The minimum Gasteiger partial charge on any atom is -0.444 e. The van der Waals surface area contributed by atoms with E-state index in [0.29, 0.717) is 0 Å². The molecule has 1 aromatic heterocycles.